The van der Waals surface area contributed by atoms with E-state index in [1.165, 1.54) is 0 Å². The second-order valence-electron chi connectivity index (χ2n) is 3.11. The Labute approximate surface area is 84.1 Å². The highest BCUT2D eigenvalue weighted by Gasteiger charge is 2.02. The van der Waals surface area contributed by atoms with Crippen molar-refractivity contribution in [2.75, 3.05) is 26.1 Å². The van der Waals surface area contributed by atoms with E-state index in [1.807, 2.05) is 34.0 Å². The molecule has 5 heteroatoms. The Bertz CT molecular complexity index is 301. The van der Waals surface area contributed by atoms with E-state index in [2.05, 4.69) is 15.4 Å². The van der Waals surface area contributed by atoms with Crippen molar-refractivity contribution in [3.63, 3.8) is 0 Å². The molecular formula is C9H16N4O. The SMILES string of the molecule is CCOc1cc(C)nc(NN(C)C)n1. The van der Waals surface area contributed by atoms with Crippen LogP contribution >= 0.6 is 0 Å². The summed E-state index contributed by atoms with van der Waals surface area (Å²) in [5, 5.41) is 1.78. The number of rotatable bonds is 4. The molecule has 0 aromatic carbocycles. The summed E-state index contributed by atoms with van der Waals surface area (Å²) in [6.07, 6.45) is 0. The molecule has 0 amide bonds. The number of aryl methyl sites for hydroxylation is 1. The highest BCUT2D eigenvalue weighted by Crippen LogP contribution is 2.11. The molecule has 0 saturated heterocycles. The lowest BCUT2D eigenvalue weighted by atomic mass is 10.4. The molecule has 5 nitrogen and oxygen atoms in total. The molecule has 78 valence electrons. The highest BCUT2D eigenvalue weighted by molar-refractivity contribution is 5.29. The van der Waals surface area contributed by atoms with Crippen LogP contribution in [0.5, 0.6) is 5.88 Å². The Balaban J connectivity index is 2.83. The second kappa shape index (κ2) is 4.76. The molecule has 0 aliphatic carbocycles. The Hall–Kier alpha value is -1.36. The number of hydrogen-bond acceptors (Lipinski definition) is 5. The molecule has 0 fully saturated rings. The van der Waals surface area contributed by atoms with Gasteiger partial charge in [-0.3, -0.25) is 5.43 Å². The molecule has 0 spiro atoms. The third kappa shape index (κ3) is 3.18. The molecule has 0 aliphatic heterocycles. The van der Waals surface area contributed by atoms with Crippen LogP contribution in [-0.2, 0) is 0 Å². The first-order valence-electron chi connectivity index (χ1n) is 4.54. The maximum Gasteiger partial charge on any atom is 0.241 e. The number of anilines is 1. The zero-order chi connectivity index (χ0) is 10.6. The van der Waals surface area contributed by atoms with Crippen LogP contribution < -0.4 is 10.2 Å². The van der Waals surface area contributed by atoms with Crippen LogP contribution in [0.1, 0.15) is 12.6 Å². The number of nitrogens with one attached hydrogen (secondary N) is 1. The van der Waals surface area contributed by atoms with Crippen LogP contribution in [-0.4, -0.2) is 35.7 Å². The van der Waals surface area contributed by atoms with Gasteiger partial charge in [0.15, 0.2) is 0 Å². The van der Waals surface area contributed by atoms with Gasteiger partial charge in [-0.25, -0.2) is 9.99 Å². The first kappa shape index (κ1) is 10.7. The van der Waals surface area contributed by atoms with Crippen LogP contribution in [0.3, 0.4) is 0 Å². The fourth-order valence-corrected chi connectivity index (χ4v) is 1.01. The lowest BCUT2D eigenvalue weighted by Crippen LogP contribution is -2.21. The van der Waals surface area contributed by atoms with Crippen molar-refractivity contribution in [2.24, 2.45) is 0 Å². The van der Waals surface area contributed by atoms with E-state index < -0.39 is 0 Å². The molecular weight excluding hydrogens is 180 g/mol. The summed E-state index contributed by atoms with van der Waals surface area (Å²) in [5.74, 6) is 1.16. The molecule has 1 N–H and O–H groups in total. The van der Waals surface area contributed by atoms with Gasteiger partial charge in [0.25, 0.3) is 0 Å². The summed E-state index contributed by atoms with van der Waals surface area (Å²) in [4.78, 5) is 8.39. The number of aromatic nitrogens is 2. The van der Waals surface area contributed by atoms with Crippen molar-refractivity contribution >= 4 is 5.95 Å². The maximum atomic E-state index is 5.30. The topological polar surface area (TPSA) is 50.3 Å². The summed E-state index contributed by atoms with van der Waals surface area (Å²) in [5.41, 5.74) is 3.86. The summed E-state index contributed by atoms with van der Waals surface area (Å²) < 4.78 is 5.30. The third-order valence-electron chi connectivity index (χ3n) is 1.45. The molecule has 14 heavy (non-hydrogen) atoms. The number of hydrazine groups is 1. The zero-order valence-corrected chi connectivity index (χ0v) is 9.03. The van der Waals surface area contributed by atoms with Crippen molar-refractivity contribution in [1.29, 1.82) is 0 Å². The molecule has 0 unspecified atom stereocenters. The lowest BCUT2D eigenvalue weighted by molar-refractivity contribution is 0.325. The maximum absolute atomic E-state index is 5.30. The minimum absolute atomic E-state index is 0.554. The summed E-state index contributed by atoms with van der Waals surface area (Å²) in [6.45, 7) is 4.44. The van der Waals surface area contributed by atoms with Crippen molar-refractivity contribution in [3.05, 3.63) is 11.8 Å². The van der Waals surface area contributed by atoms with E-state index in [4.69, 9.17) is 4.74 Å². The summed E-state index contributed by atoms with van der Waals surface area (Å²) >= 11 is 0. The summed E-state index contributed by atoms with van der Waals surface area (Å²) in [6, 6.07) is 1.81. The van der Waals surface area contributed by atoms with Gasteiger partial charge >= 0.3 is 0 Å². The van der Waals surface area contributed by atoms with Gasteiger partial charge < -0.3 is 4.74 Å². The van der Waals surface area contributed by atoms with Crippen LogP contribution in [0.15, 0.2) is 6.07 Å². The van der Waals surface area contributed by atoms with E-state index >= 15 is 0 Å². The predicted molar refractivity (Wildman–Crippen MR) is 55.2 cm³/mol. The van der Waals surface area contributed by atoms with E-state index in [1.54, 1.807) is 5.01 Å². The van der Waals surface area contributed by atoms with Crippen molar-refractivity contribution in [1.82, 2.24) is 15.0 Å². The highest BCUT2D eigenvalue weighted by atomic mass is 16.5. The van der Waals surface area contributed by atoms with E-state index in [0.717, 1.165) is 5.69 Å². The summed E-state index contributed by atoms with van der Waals surface area (Å²) in [7, 11) is 3.76. The molecule has 1 aromatic rings. The van der Waals surface area contributed by atoms with Gasteiger partial charge in [0.05, 0.1) is 6.61 Å². The van der Waals surface area contributed by atoms with Gasteiger partial charge in [0.2, 0.25) is 11.8 Å². The fraction of sp³-hybridized carbons (Fsp3) is 0.556. The number of ether oxygens (including phenoxy) is 1. The molecule has 1 aromatic heterocycles. The fourth-order valence-electron chi connectivity index (χ4n) is 1.01. The van der Waals surface area contributed by atoms with Crippen LogP contribution in [0.4, 0.5) is 5.95 Å². The smallest absolute Gasteiger partial charge is 0.241 e. The van der Waals surface area contributed by atoms with Crippen molar-refractivity contribution in [3.8, 4) is 5.88 Å². The molecule has 1 heterocycles. The third-order valence-corrected chi connectivity index (χ3v) is 1.45. The second-order valence-corrected chi connectivity index (χ2v) is 3.11. The quantitative estimate of drug-likeness (QED) is 0.730. The first-order chi connectivity index (χ1) is 6.61. The monoisotopic (exact) mass is 196 g/mol. The standard InChI is InChI=1S/C9H16N4O/c1-5-14-8-6-7(2)10-9(11-8)12-13(3)4/h6H,5H2,1-4H3,(H,10,11,12). The average Bonchev–Trinajstić information content (AvgIpc) is 2.01. The minimum atomic E-state index is 0.554. The van der Waals surface area contributed by atoms with Crippen molar-refractivity contribution in [2.45, 2.75) is 13.8 Å². The van der Waals surface area contributed by atoms with E-state index in [9.17, 15) is 0 Å². The predicted octanol–water partition coefficient (Wildman–Crippen LogP) is 1.07. The van der Waals surface area contributed by atoms with Gasteiger partial charge in [-0.05, 0) is 13.8 Å². The van der Waals surface area contributed by atoms with Crippen LogP contribution in [0.2, 0.25) is 0 Å². The molecule has 1 rings (SSSR count). The lowest BCUT2D eigenvalue weighted by Gasteiger charge is -2.12. The van der Waals surface area contributed by atoms with Gasteiger partial charge in [0.1, 0.15) is 0 Å². The largest absolute Gasteiger partial charge is 0.478 e. The van der Waals surface area contributed by atoms with Gasteiger partial charge in [-0.1, -0.05) is 0 Å². The minimum Gasteiger partial charge on any atom is -0.478 e. The van der Waals surface area contributed by atoms with Gasteiger partial charge in [-0.15, -0.1) is 0 Å². The van der Waals surface area contributed by atoms with Crippen LogP contribution in [0, 0.1) is 6.92 Å². The van der Waals surface area contributed by atoms with Gasteiger partial charge in [-0.2, -0.15) is 4.98 Å². The Morgan fingerprint density at radius 2 is 2.14 bits per heavy atom. The molecule has 0 saturated carbocycles. The normalized spacial score (nSPS) is 10.4. The first-order valence-corrected chi connectivity index (χ1v) is 4.54. The van der Waals surface area contributed by atoms with Crippen molar-refractivity contribution < 1.29 is 4.74 Å². The van der Waals surface area contributed by atoms with E-state index in [0.29, 0.717) is 18.4 Å². The Morgan fingerprint density at radius 3 is 2.71 bits per heavy atom. The average molecular weight is 196 g/mol. The molecule has 0 atom stereocenters. The molecule has 0 bridgehead atoms. The van der Waals surface area contributed by atoms with E-state index in [-0.39, 0.29) is 0 Å². The molecule has 0 radical (unpaired) electrons. The van der Waals surface area contributed by atoms with Crippen LogP contribution in [0.25, 0.3) is 0 Å². The molecule has 0 aliphatic rings. The number of hydrogen-bond donors (Lipinski definition) is 1. The number of nitrogens with zero attached hydrogens (tertiary/aromatic N) is 3. The zero-order valence-electron chi connectivity index (χ0n) is 9.03. The Morgan fingerprint density at radius 1 is 1.43 bits per heavy atom. The Kier molecular flexibility index (Phi) is 3.64. The van der Waals surface area contributed by atoms with Gasteiger partial charge in [0, 0.05) is 25.9 Å².